The molecule has 3 aliphatic rings. The first-order valence-electron chi connectivity index (χ1n) is 6.85. The van der Waals surface area contributed by atoms with Gasteiger partial charge in [0.25, 0.3) is 0 Å². The highest BCUT2D eigenvalue weighted by Crippen LogP contribution is 2.51. The molecule has 1 nitrogen and oxygen atoms in total. The van der Waals surface area contributed by atoms with Gasteiger partial charge >= 0.3 is 0 Å². The minimum atomic E-state index is -0.0121. The molecule has 0 aromatic heterocycles. The van der Waals surface area contributed by atoms with Crippen LogP contribution in [0.15, 0.2) is 0 Å². The Morgan fingerprint density at radius 2 is 2.25 bits per heavy atom. The van der Waals surface area contributed by atoms with E-state index < -0.39 is 0 Å². The standard InChI is InChI=1S/C14H22OS/c1-14(5-2-6-16-14)13(15)9-12-8-10-3-4-11(12)7-10/h10-12H,2-9H2,1H3. The molecule has 3 fully saturated rings. The van der Waals surface area contributed by atoms with Crippen LogP contribution < -0.4 is 0 Å². The molecular weight excluding hydrogens is 216 g/mol. The van der Waals surface area contributed by atoms with Crippen LogP contribution in [0.3, 0.4) is 0 Å². The predicted octanol–water partition coefficient (Wildman–Crippen LogP) is 3.67. The summed E-state index contributed by atoms with van der Waals surface area (Å²) < 4.78 is -0.0121. The number of carbonyl (C=O) groups excluding carboxylic acids is 1. The maximum absolute atomic E-state index is 12.4. The van der Waals surface area contributed by atoms with Gasteiger partial charge in [0, 0.05) is 6.42 Å². The Morgan fingerprint density at radius 1 is 1.38 bits per heavy atom. The molecule has 1 heterocycles. The largest absolute Gasteiger partial charge is 0.298 e. The van der Waals surface area contributed by atoms with E-state index in [-0.39, 0.29) is 4.75 Å². The van der Waals surface area contributed by atoms with Gasteiger partial charge in [0.15, 0.2) is 0 Å². The molecule has 2 saturated carbocycles. The molecule has 16 heavy (non-hydrogen) atoms. The second kappa shape index (κ2) is 4.04. The fraction of sp³-hybridized carbons (Fsp3) is 0.929. The van der Waals surface area contributed by atoms with Crippen molar-refractivity contribution in [3.05, 3.63) is 0 Å². The molecule has 4 unspecified atom stereocenters. The van der Waals surface area contributed by atoms with Crippen LogP contribution in [0.5, 0.6) is 0 Å². The number of Topliss-reactive ketones (excluding diaryl/α,β-unsaturated/α-hetero) is 1. The molecular formula is C14H22OS. The Balaban J connectivity index is 1.60. The molecule has 2 heteroatoms. The van der Waals surface area contributed by atoms with Crippen LogP contribution in [-0.4, -0.2) is 16.3 Å². The summed E-state index contributed by atoms with van der Waals surface area (Å²) in [6.45, 7) is 2.18. The van der Waals surface area contributed by atoms with E-state index in [1.807, 2.05) is 11.8 Å². The van der Waals surface area contributed by atoms with Gasteiger partial charge in [-0.15, -0.1) is 11.8 Å². The molecule has 0 radical (unpaired) electrons. The lowest BCUT2D eigenvalue weighted by Crippen LogP contribution is -2.31. The minimum absolute atomic E-state index is 0.0121. The highest BCUT2D eigenvalue weighted by atomic mass is 32.2. The average molecular weight is 238 g/mol. The van der Waals surface area contributed by atoms with Crippen LogP contribution in [0.25, 0.3) is 0 Å². The van der Waals surface area contributed by atoms with Crippen LogP contribution in [0.4, 0.5) is 0 Å². The molecule has 1 saturated heterocycles. The summed E-state index contributed by atoms with van der Waals surface area (Å²) in [7, 11) is 0. The topological polar surface area (TPSA) is 17.1 Å². The van der Waals surface area contributed by atoms with E-state index in [4.69, 9.17) is 0 Å². The molecule has 90 valence electrons. The van der Waals surface area contributed by atoms with Crippen molar-refractivity contribution in [3.63, 3.8) is 0 Å². The van der Waals surface area contributed by atoms with Crippen LogP contribution >= 0.6 is 11.8 Å². The molecule has 0 amide bonds. The van der Waals surface area contributed by atoms with Crippen molar-refractivity contribution in [3.8, 4) is 0 Å². The summed E-state index contributed by atoms with van der Waals surface area (Å²) in [6.07, 6.45) is 8.90. The van der Waals surface area contributed by atoms with E-state index >= 15 is 0 Å². The number of carbonyl (C=O) groups is 1. The maximum Gasteiger partial charge on any atom is 0.148 e. The fourth-order valence-corrected chi connectivity index (χ4v) is 5.35. The average Bonchev–Trinajstić information content (AvgIpc) is 2.93. The third-order valence-corrected chi connectivity index (χ3v) is 6.70. The van der Waals surface area contributed by atoms with E-state index in [2.05, 4.69) is 6.92 Å². The Hall–Kier alpha value is 0.0200. The number of rotatable bonds is 3. The third kappa shape index (κ3) is 1.83. The molecule has 3 rings (SSSR count). The second-order valence-electron chi connectivity index (χ2n) is 6.25. The minimum Gasteiger partial charge on any atom is -0.298 e. The zero-order valence-corrected chi connectivity index (χ0v) is 11.0. The lowest BCUT2D eigenvalue weighted by Gasteiger charge is -2.26. The summed E-state index contributed by atoms with van der Waals surface area (Å²) in [5, 5.41) is 0. The zero-order chi connectivity index (χ0) is 11.2. The number of fused-ring (bicyclic) bond motifs is 2. The van der Waals surface area contributed by atoms with Gasteiger partial charge in [-0.1, -0.05) is 6.42 Å². The summed E-state index contributed by atoms with van der Waals surface area (Å²) in [4.78, 5) is 12.4. The first kappa shape index (κ1) is 11.1. The highest BCUT2D eigenvalue weighted by molar-refractivity contribution is 8.01. The molecule has 2 aliphatic carbocycles. The Kier molecular flexibility index (Phi) is 2.81. The maximum atomic E-state index is 12.4. The van der Waals surface area contributed by atoms with Gasteiger partial charge in [0.2, 0.25) is 0 Å². The first-order chi connectivity index (χ1) is 7.67. The lowest BCUT2D eigenvalue weighted by atomic mass is 9.82. The number of hydrogen-bond acceptors (Lipinski definition) is 2. The molecule has 2 bridgehead atoms. The Morgan fingerprint density at radius 3 is 2.81 bits per heavy atom. The van der Waals surface area contributed by atoms with Crippen molar-refractivity contribution in [1.82, 2.24) is 0 Å². The van der Waals surface area contributed by atoms with E-state index in [1.54, 1.807) is 0 Å². The molecule has 0 N–H and O–H groups in total. The number of ketones is 1. The summed E-state index contributed by atoms with van der Waals surface area (Å²) in [5.74, 6) is 4.39. The summed E-state index contributed by atoms with van der Waals surface area (Å²) in [6, 6.07) is 0. The van der Waals surface area contributed by atoms with Gasteiger partial charge in [-0.2, -0.15) is 0 Å². The number of hydrogen-bond donors (Lipinski definition) is 0. The van der Waals surface area contributed by atoms with Crippen LogP contribution in [-0.2, 0) is 4.79 Å². The van der Waals surface area contributed by atoms with Crippen LogP contribution in [0, 0.1) is 17.8 Å². The molecule has 1 aliphatic heterocycles. The van der Waals surface area contributed by atoms with Crippen molar-refractivity contribution in [2.45, 2.75) is 56.6 Å². The quantitative estimate of drug-likeness (QED) is 0.746. The second-order valence-corrected chi connectivity index (χ2v) is 7.84. The monoisotopic (exact) mass is 238 g/mol. The zero-order valence-electron chi connectivity index (χ0n) is 10.2. The van der Waals surface area contributed by atoms with Crippen molar-refractivity contribution in [2.24, 2.45) is 17.8 Å². The van der Waals surface area contributed by atoms with Gasteiger partial charge < -0.3 is 0 Å². The smallest absolute Gasteiger partial charge is 0.148 e. The van der Waals surface area contributed by atoms with Gasteiger partial charge in [-0.05, 0) is 62.5 Å². The van der Waals surface area contributed by atoms with Crippen molar-refractivity contribution >= 4 is 17.5 Å². The van der Waals surface area contributed by atoms with Crippen molar-refractivity contribution in [1.29, 1.82) is 0 Å². The fourth-order valence-electron chi connectivity index (χ4n) is 4.08. The van der Waals surface area contributed by atoms with E-state index in [0.29, 0.717) is 5.78 Å². The molecule has 4 atom stereocenters. The van der Waals surface area contributed by atoms with Crippen molar-refractivity contribution < 1.29 is 4.79 Å². The Labute approximate surface area is 103 Å². The van der Waals surface area contributed by atoms with E-state index in [1.165, 1.54) is 37.9 Å². The van der Waals surface area contributed by atoms with Gasteiger partial charge in [-0.3, -0.25) is 4.79 Å². The third-order valence-electron chi connectivity index (χ3n) is 5.14. The van der Waals surface area contributed by atoms with Crippen LogP contribution in [0.2, 0.25) is 0 Å². The SMILES string of the molecule is CC1(C(=O)CC2CC3CCC2C3)CCCS1. The lowest BCUT2D eigenvalue weighted by molar-refractivity contribution is -0.122. The molecule has 0 spiro atoms. The molecule has 0 aromatic rings. The first-order valence-corrected chi connectivity index (χ1v) is 7.83. The number of thioether (sulfide) groups is 1. The van der Waals surface area contributed by atoms with E-state index in [0.717, 1.165) is 30.6 Å². The van der Waals surface area contributed by atoms with Gasteiger partial charge in [0.1, 0.15) is 5.78 Å². The summed E-state index contributed by atoms with van der Waals surface area (Å²) in [5.41, 5.74) is 0. The van der Waals surface area contributed by atoms with Gasteiger partial charge in [-0.25, -0.2) is 0 Å². The Bertz CT molecular complexity index is 293. The molecule has 0 aromatic carbocycles. The van der Waals surface area contributed by atoms with E-state index in [9.17, 15) is 4.79 Å². The normalized spacial score (nSPS) is 46.4. The predicted molar refractivity (Wildman–Crippen MR) is 68.7 cm³/mol. The van der Waals surface area contributed by atoms with Crippen molar-refractivity contribution in [2.75, 3.05) is 5.75 Å². The van der Waals surface area contributed by atoms with Gasteiger partial charge in [0.05, 0.1) is 4.75 Å². The highest BCUT2D eigenvalue weighted by Gasteiger charge is 2.43. The van der Waals surface area contributed by atoms with Crippen LogP contribution in [0.1, 0.15) is 51.9 Å². The summed E-state index contributed by atoms with van der Waals surface area (Å²) >= 11 is 1.91.